The maximum Gasteiger partial charge on any atom is 0.387 e. The number of halogens is 3. The van der Waals surface area contributed by atoms with Gasteiger partial charge >= 0.3 is 6.61 Å². The number of carbonyl (C=O) groups is 2. The summed E-state index contributed by atoms with van der Waals surface area (Å²) in [6.45, 7) is -2.07. The first-order valence-corrected chi connectivity index (χ1v) is 8.72. The van der Waals surface area contributed by atoms with Gasteiger partial charge in [0.25, 0.3) is 5.91 Å². The minimum absolute atomic E-state index is 0.0127. The Bertz CT molecular complexity index is 834. The van der Waals surface area contributed by atoms with E-state index >= 15 is 0 Å². The van der Waals surface area contributed by atoms with Crippen LogP contribution in [-0.2, 0) is 0 Å². The number of nitrogens with zero attached hydrogens (tertiary/aromatic N) is 1. The van der Waals surface area contributed by atoms with Gasteiger partial charge in [-0.15, -0.1) is 0 Å². The van der Waals surface area contributed by atoms with Crippen LogP contribution in [0.4, 0.5) is 13.2 Å². The Balaban J connectivity index is 1.54. The fourth-order valence-electron chi connectivity index (χ4n) is 3.00. The molecule has 0 aliphatic carbocycles. The van der Waals surface area contributed by atoms with Gasteiger partial charge < -0.3 is 14.4 Å². The molecule has 1 heterocycles. The summed E-state index contributed by atoms with van der Waals surface area (Å²) in [6.07, 6.45) is 1.35. The zero-order valence-electron chi connectivity index (χ0n) is 14.8. The molecule has 1 aliphatic rings. The fourth-order valence-corrected chi connectivity index (χ4v) is 3.00. The van der Waals surface area contributed by atoms with Gasteiger partial charge in [-0.25, -0.2) is 4.39 Å². The number of benzene rings is 2. The van der Waals surface area contributed by atoms with Crippen LogP contribution in [0, 0.1) is 5.82 Å². The molecule has 28 heavy (non-hydrogen) atoms. The van der Waals surface area contributed by atoms with Crippen LogP contribution in [0.15, 0.2) is 42.5 Å². The average molecular weight is 393 g/mol. The Labute approximate surface area is 159 Å². The van der Waals surface area contributed by atoms with Gasteiger partial charge in [0, 0.05) is 37.1 Å². The maximum absolute atomic E-state index is 13.9. The van der Waals surface area contributed by atoms with Gasteiger partial charge in [-0.1, -0.05) is 0 Å². The molecule has 148 valence electrons. The van der Waals surface area contributed by atoms with Crippen molar-refractivity contribution >= 4 is 12.2 Å². The van der Waals surface area contributed by atoms with Crippen molar-refractivity contribution in [3.05, 3.63) is 59.4 Å². The Morgan fingerprint density at radius 2 is 1.79 bits per heavy atom. The molecule has 1 amide bonds. The molecule has 2 aromatic carbocycles. The van der Waals surface area contributed by atoms with E-state index in [-0.39, 0.29) is 29.1 Å². The molecule has 0 aromatic heterocycles. The molecule has 2 aromatic rings. The summed E-state index contributed by atoms with van der Waals surface area (Å²) in [4.78, 5) is 24.8. The Kier molecular flexibility index (Phi) is 6.18. The van der Waals surface area contributed by atoms with Crippen molar-refractivity contribution in [1.82, 2.24) is 4.90 Å². The third kappa shape index (κ3) is 4.82. The number of rotatable bonds is 6. The number of alkyl halides is 2. The molecule has 0 saturated carbocycles. The molecule has 5 nitrogen and oxygen atoms in total. The number of amides is 1. The van der Waals surface area contributed by atoms with Crippen LogP contribution in [0.25, 0.3) is 0 Å². The van der Waals surface area contributed by atoms with Crippen molar-refractivity contribution in [2.75, 3.05) is 13.1 Å². The quantitative estimate of drug-likeness (QED) is 0.698. The lowest BCUT2D eigenvalue weighted by Gasteiger charge is -2.32. The van der Waals surface area contributed by atoms with E-state index < -0.39 is 12.4 Å². The van der Waals surface area contributed by atoms with Crippen LogP contribution in [0.5, 0.6) is 11.5 Å². The monoisotopic (exact) mass is 393 g/mol. The van der Waals surface area contributed by atoms with Gasteiger partial charge in [-0.05, 0) is 42.5 Å². The normalized spacial score (nSPS) is 14.8. The standard InChI is InChI=1S/C20H18F3NO4/c21-17-11-13(12-25)1-6-18(17)27-16-7-9-24(10-8-16)19(26)14-2-4-15(5-3-14)28-20(22)23/h1-6,11-12,16,20H,7-10H2. The number of piperidine rings is 1. The number of carbonyl (C=O) groups excluding carboxylic acids is 2. The highest BCUT2D eigenvalue weighted by Crippen LogP contribution is 2.24. The predicted molar refractivity (Wildman–Crippen MR) is 94.4 cm³/mol. The smallest absolute Gasteiger partial charge is 0.387 e. The highest BCUT2D eigenvalue weighted by atomic mass is 19.3. The molecule has 1 fully saturated rings. The number of hydrogen-bond acceptors (Lipinski definition) is 4. The molecule has 0 bridgehead atoms. The van der Waals surface area contributed by atoms with Crippen molar-refractivity contribution in [2.45, 2.75) is 25.6 Å². The van der Waals surface area contributed by atoms with Crippen LogP contribution in [0.2, 0.25) is 0 Å². The van der Waals surface area contributed by atoms with E-state index in [0.717, 1.165) is 6.07 Å². The van der Waals surface area contributed by atoms with E-state index in [2.05, 4.69) is 4.74 Å². The largest absolute Gasteiger partial charge is 0.487 e. The summed E-state index contributed by atoms with van der Waals surface area (Å²) in [7, 11) is 0. The SMILES string of the molecule is O=Cc1ccc(OC2CCN(C(=O)c3ccc(OC(F)F)cc3)CC2)c(F)c1. The molecular weight excluding hydrogens is 375 g/mol. The summed E-state index contributed by atoms with van der Waals surface area (Å²) in [5, 5.41) is 0. The molecule has 1 saturated heterocycles. The second-order valence-electron chi connectivity index (χ2n) is 6.32. The zero-order chi connectivity index (χ0) is 20.1. The molecule has 0 atom stereocenters. The van der Waals surface area contributed by atoms with Crippen molar-refractivity contribution in [3.63, 3.8) is 0 Å². The van der Waals surface area contributed by atoms with Gasteiger partial charge in [-0.2, -0.15) is 8.78 Å². The maximum atomic E-state index is 13.9. The number of aldehydes is 1. The number of hydrogen-bond donors (Lipinski definition) is 0. The van der Waals surface area contributed by atoms with Crippen LogP contribution < -0.4 is 9.47 Å². The Morgan fingerprint density at radius 1 is 1.11 bits per heavy atom. The first-order valence-electron chi connectivity index (χ1n) is 8.72. The van der Waals surface area contributed by atoms with E-state index in [1.54, 1.807) is 4.90 Å². The van der Waals surface area contributed by atoms with Crippen LogP contribution in [0.1, 0.15) is 33.6 Å². The van der Waals surface area contributed by atoms with Gasteiger partial charge in [0.05, 0.1) is 0 Å². The average Bonchev–Trinajstić information content (AvgIpc) is 2.69. The van der Waals surface area contributed by atoms with Crippen molar-refractivity contribution in [2.24, 2.45) is 0 Å². The van der Waals surface area contributed by atoms with Crippen molar-refractivity contribution in [1.29, 1.82) is 0 Å². The van der Waals surface area contributed by atoms with Crippen LogP contribution >= 0.6 is 0 Å². The van der Waals surface area contributed by atoms with E-state index in [4.69, 9.17) is 4.74 Å². The molecule has 8 heteroatoms. The second kappa shape index (κ2) is 8.77. The summed E-state index contributed by atoms with van der Waals surface area (Å²) in [5.74, 6) is -0.760. The van der Waals surface area contributed by atoms with E-state index in [9.17, 15) is 22.8 Å². The molecule has 0 spiro atoms. The molecule has 0 N–H and O–H groups in total. The molecule has 0 unspecified atom stereocenters. The summed E-state index contributed by atoms with van der Waals surface area (Å²) >= 11 is 0. The lowest BCUT2D eigenvalue weighted by Crippen LogP contribution is -2.41. The fraction of sp³-hybridized carbons (Fsp3) is 0.300. The summed E-state index contributed by atoms with van der Waals surface area (Å²) in [5.41, 5.74) is 0.603. The second-order valence-corrected chi connectivity index (χ2v) is 6.32. The van der Waals surface area contributed by atoms with E-state index in [1.807, 2.05) is 0 Å². The zero-order valence-corrected chi connectivity index (χ0v) is 14.8. The Hall–Kier alpha value is -3.03. The molecule has 3 rings (SSSR count). The molecular formula is C20H18F3NO4. The van der Waals surface area contributed by atoms with E-state index in [1.165, 1.54) is 36.4 Å². The molecule has 0 radical (unpaired) electrons. The third-order valence-corrected chi connectivity index (χ3v) is 4.44. The van der Waals surface area contributed by atoms with Gasteiger partial charge in [0.1, 0.15) is 18.1 Å². The number of ether oxygens (including phenoxy) is 2. The topological polar surface area (TPSA) is 55.8 Å². The predicted octanol–water partition coefficient (Wildman–Crippen LogP) is 3.92. The summed E-state index contributed by atoms with van der Waals surface area (Å²) in [6, 6.07) is 9.52. The van der Waals surface area contributed by atoms with Gasteiger partial charge in [0.2, 0.25) is 0 Å². The van der Waals surface area contributed by atoms with Gasteiger partial charge in [-0.3, -0.25) is 9.59 Å². The van der Waals surface area contributed by atoms with Gasteiger partial charge in [0.15, 0.2) is 11.6 Å². The number of likely N-dealkylation sites (tertiary alicyclic amines) is 1. The van der Waals surface area contributed by atoms with Crippen LogP contribution in [-0.4, -0.2) is 42.9 Å². The first-order chi connectivity index (χ1) is 13.5. The highest BCUT2D eigenvalue weighted by molar-refractivity contribution is 5.94. The van der Waals surface area contributed by atoms with E-state index in [0.29, 0.717) is 37.8 Å². The van der Waals surface area contributed by atoms with Crippen LogP contribution in [0.3, 0.4) is 0 Å². The van der Waals surface area contributed by atoms with Crippen molar-refractivity contribution in [3.8, 4) is 11.5 Å². The Morgan fingerprint density at radius 3 is 2.36 bits per heavy atom. The van der Waals surface area contributed by atoms with Crippen molar-refractivity contribution < 1.29 is 32.2 Å². The third-order valence-electron chi connectivity index (χ3n) is 4.44. The lowest BCUT2D eigenvalue weighted by molar-refractivity contribution is -0.0498. The minimum Gasteiger partial charge on any atom is -0.487 e. The molecule has 1 aliphatic heterocycles. The first kappa shape index (κ1) is 19.7. The summed E-state index contributed by atoms with van der Waals surface area (Å²) < 4.78 is 48.2. The minimum atomic E-state index is -2.92. The lowest BCUT2D eigenvalue weighted by atomic mass is 10.1. The highest BCUT2D eigenvalue weighted by Gasteiger charge is 2.25.